The summed E-state index contributed by atoms with van der Waals surface area (Å²) in [7, 11) is 3.62. The van der Waals surface area contributed by atoms with Gasteiger partial charge >= 0.3 is 0 Å². The quantitative estimate of drug-likeness (QED) is 0.939. The van der Waals surface area contributed by atoms with E-state index in [1.165, 1.54) is 23.1 Å². The molecular weight excluding hydrogens is 262 g/mol. The molecule has 1 aliphatic rings. The third-order valence-electron chi connectivity index (χ3n) is 4.38. The average Bonchev–Trinajstić information content (AvgIpc) is 2.96. The van der Waals surface area contributed by atoms with E-state index in [2.05, 4.69) is 35.5 Å². The average molecular weight is 285 g/mol. The van der Waals surface area contributed by atoms with E-state index >= 15 is 0 Å². The minimum absolute atomic E-state index is 0.435. The van der Waals surface area contributed by atoms with Crippen molar-refractivity contribution in [2.45, 2.75) is 39.3 Å². The molecule has 1 aliphatic carbocycles. The van der Waals surface area contributed by atoms with Crippen LogP contribution in [0.15, 0.2) is 18.2 Å². The summed E-state index contributed by atoms with van der Waals surface area (Å²) >= 11 is 0. The van der Waals surface area contributed by atoms with Crippen molar-refractivity contribution in [1.82, 2.24) is 15.1 Å². The van der Waals surface area contributed by atoms with Crippen molar-refractivity contribution in [3.63, 3.8) is 0 Å². The number of hydrogen-bond donors (Lipinski definition) is 1. The summed E-state index contributed by atoms with van der Waals surface area (Å²) in [4.78, 5) is 0. The first-order valence-corrected chi connectivity index (χ1v) is 7.49. The molecule has 4 nitrogen and oxygen atoms in total. The van der Waals surface area contributed by atoms with Crippen LogP contribution in [-0.2, 0) is 20.0 Å². The third kappa shape index (κ3) is 2.56. The third-order valence-corrected chi connectivity index (χ3v) is 4.38. The van der Waals surface area contributed by atoms with E-state index in [0.29, 0.717) is 6.04 Å². The number of hydrogen-bond acceptors (Lipinski definition) is 3. The highest BCUT2D eigenvalue weighted by Gasteiger charge is 2.23. The van der Waals surface area contributed by atoms with Gasteiger partial charge in [0.2, 0.25) is 5.88 Å². The van der Waals surface area contributed by atoms with E-state index in [0.717, 1.165) is 30.1 Å². The van der Waals surface area contributed by atoms with Crippen LogP contribution in [0.4, 0.5) is 0 Å². The van der Waals surface area contributed by atoms with Crippen LogP contribution in [-0.4, -0.2) is 16.9 Å². The number of methoxy groups -OCH3 is 1. The first kappa shape index (κ1) is 14.1. The molecule has 0 fully saturated rings. The normalized spacial score (nSPS) is 17.0. The van der Waals surface area contributed by atoms with Gasteiger partial charge < -0.3 is 10.1 Å². The summed E-state index contributed by atoms with van der Waals surface area (Å²) in [6.07, 6.45) is 2.33. The fraction of sp³-hybridized carbons (Fsp3) is 0.471. The van der Waals surface area contributed by atoms with Crippen LogP contribution < -0.4 is 10.1 Å². The maximum absolute atomic E-state index is 5.46. The second kappa shape index (κ2) is 5.53. The van der Waals surface area contributed by atoms with Crippen molar-refractivity contribution < 1.29 is 4.74 Å². The summed E-state index contributed by atoms with van der Waals surface area (Å²) in [5.74, 6) is 0.849. The molecule has 1 atom stereocenters. The molecule has 0 amide bonds. The van der Waals surface area contributed by atoms with E-state index < -0.39 is 0 Å². The van der Waals surface area contributed by atoms with Gasteiger partial charge in [0.05, 0.1) is 18.4 Å². The van der Waals surface area contributed by atoms with Gasteiger partial charge in [-0.1, -0.05) is 23.8 Å². The van der Waals surface area contributed by atoms with Gasteiger partial charge in [-0.3, -0.25) is 0 Å². The maximum Gasteiger partial charge on any atom is 0.216 e. The molecule has 0 radical (unpaired) electrons. The second-order valence-corrected chi connectivity index (χ2v) is 5.87. The number of benzene rings is 1. The van der Waals surface area contributed by atoms with Crippen molar-refractivity contribution in [3.8, 4) is 5.88 Å². The summed E-state index contributed by atoms with van der Waals surface area (Å²) < 4.78 is 7.26. The van der Waals surface area contributed by atoms with Crippen LogP contribution in [0, 0.1) is 13.8 Å². The number of aryl methyl sites for hydroxylation is 4. The highest BCUT2D eigenvalue weighted by Crippen LogP contribution is 2.32. The lowest BCUT2D eigenvalue weighted by Gasteiger charge is -2.15. The van der Waals surface area contributed by atoms with Crippen molar-refractivity contribution >= 4 is 0 Å². The van der Waals surface area contributed by atoms with Crippen LogP contribution >= 0.6 is 0 Å². The summed E-state index contributed by atoms with van der Waals surface area (Å²) in [5, 5.41) is 8.10. The Morgan fingerprint density at radius 2 is 2.19 bits per heavy atom. The van der Waals surface area contributed by atoms with Crippen LogP contribution in [0.2, 0.25) is 0 Å². The Kier molecular flexibility index (Phi) is 3.72. The van der Waals surface area contributed by atoms with Crippen LogP contribution in [0.25, 0.3) is 0 Å². The second-order valence-electron chi connectivity index (χ2n) is 5.87. The van der Waals surface area contributed by atoms with Crippen LogP contribution in [0.1, 0.15) is 40.4 Å². The molecule has 2 aromatic rings. The topological polar surface area (TPSA) is 39.1 Å². The molecule has 0 saturated carbocycles. The summed E-state index contributed by atoms with van der Waals surface area (Å²) in [6, 6.07) is 7.22. The van der Waals surface area contributed by atoms with Gasteiger partial charge in [0.15, 0.2) is 0 Å². The molecule has 1 heterocycles. The number of nitrogens with one attached hydrogen (secondary N) is 1. The monoisotopic (exact) mass is 285 g/mol. The standard InChI is InChI=1S/C17H23N3O/c1-11-5-7-14-13(9-11)6-8-16(14)18-10-15-12(2)19-20(3)17(15)21-4/h5,7,9,16,18H,6,8,10H2,1-4H3/t16-/m0/s1. The zero-order valence-electron chi connectivity index (χ0n) is 13.2. The van der Waals surface area contributed by atoms with E-state index in [4.69, 9.17) is 4.74 Å². The Morgan fingerprint density at radius 1 is 1.38 bits per heavy atom. The molecule has 0 spiro atoms. The highest BCUT2D eigenvalue weighted by molar-refractivity contribution is 5.38. The molecule has 4 heteroatoms. The Hall–Kier alpha value is -1.81. The fourth-order valence-corrected chi connectivity index (χ4v) is 3.32. The van der Waals surface area contributed by atoms with Crippen molar-refractivity contribution in [1.29, 1.82) is 0 Å². The van der Waals surface area contributed by atoms with Crippen LogP contribution in [0.5, 0.6) is 5.88 Å². The van der Waals surface area contributed by atoms with E-state index in [-0.39, 0.29) is 0 Å². The number of rotatable bonds is 4. The molecule has 1 aromatic carbocycles. The zero-order chi connectivity index (χ0) is 15.0. The van der Waals surface area contributed by atoms with E-state index in [9.17, 15) is 0 Å². The summed E-state index contributed by atoms with van der Waals surface area (Å²) in [6.45, 7) is 4.98. The van der Waals surface area contributed by atoms with Crippen LogP contribution in [0.3, 0.4) is 0 Å². The Morgan fingerprint density at radius 3 is 2.95 bits per heavy atom. The van der Waals surface area contributed by atoms with E-state index in [1.54, 1.807) is 11.8 Å². The SMILES string of the molecule is COc1c(CN[C@H]2CCc3cc(C)ccc32)c(C)nn1C. The largest absolute Gasteiger partial charge is 0.481 e. The highest BCUT2D eigenvalue weighted by atomic mass is 16.5. The molecule has 1 N–H and O–H groups in total. The first-order valence-electron chi connectivity index (χ1n) is 7.49. The van der Waals surface area contributed by atoms with Gasteiger partial charge in [0.1, 0.15) is 0 Å². The summed E-state index contributed by atoms with van der Waals surface area (Å²) in [5.41, 5.74) is 6.46. The molecule has 3 rings (SSSR count). The zero-order valence-corrected chi connectivity index (χ0v) is 13.2. The van der Waals surface area contributed by atoms with Crippen molar-refractivity contribution in [3.05, 3.63) is 46.1 Å². The minimum atomic E-state index is 0.435. The molecular formula is C17H23N3O. The van der Waals surface area contributed by atoms with Gasteiger partial charge in [-0.2, -0.15) is 5.10 Å². The van der Waals surface area contributed by atoms with Gasteiger partial charge in [0.25, 0.3) is 0 Å². The van der Waals surface area contributed by atoms with Crippen molar-refractivity contribution in [2.24, 2.45) is 7.05 Å². The lowest BCUT2D eigenvalue weighted by atomic mass is 10.1. The minimum Gasteiger partial charge on any atom is -0.481 e. The predicted molar refractivity (Wildman–Crippen MR) is 83.6 cm³/mol. The van der Waals surface area contributed by atoms with Crippen molar-refractivity contribution in [2.75, 3.05) is 7.11 Å². The van der Waals surface area contributed by atoms with Gasteiger partial charge in [-0.05, 0) is 37.8 Å². The Bertz CT molecular complexity index is 660. The smallest absolute Gasteiger partial charge is 0.216 e. The number of ether oxygens (including phenoxy) is 1. The number of aromatic nitrogens is 2. The van der Waals surface area contributed by atoms with Gasteiger partial charge in [-0.15, -0.1) is 0 Å². The molecule has 21 heavy (non-hydrogen) atoms. The first-order chi connectivity index (χ1) is 10.1. The predicted octanol–water partition coefficient (Wildman–Crippen LogP) is 2.82. The molecule has 0 saturated heterocycles. The fourth-order valence-electron chi connectivity index (χ4n) is 3.32. The molecule has 112 valence electrons. The lowest BCUT2D eigenvalue weighted by Crippen LogP contribution is -2.19. The Labute approximate surface area is 126 Å². The molecule has 0 unspecified atom stereocenters. The lowest BCUT2D eigenvalue weighted by molar-refractivity contribution is 0.366. The molecule has 0 bridgehead atoms. The molecule has 1 aromatic heterocycles. The van der Waals surface area contributed by atoms with Gasteiger partial charge in [0, 0.05) is 19.6 Å². The van der Waals surface area contributed by atoms with Gasteiger partial charge in [-0.25, -0.2) is 4.68 Å². The van der Waals surface area contributed by atoms with E-state index in [1.807, 2.05) is 14.0 Å². The maximum atomic E-state index is 5.46. The number of fused-ring (bicyclic) bond motifs is 1. The number of nitrogens with zero attached hydrogens (tertiary/aromatic N) is 2. The Balaban J connectivity index is 1.76. The molecule has 0 aliphatic heterocycles.